The molecule has 0 bridgehead atoms. The lowest BCUT2D eigenvalue weighted by atomic mass is 9.84. The smallest absolute Gasteiger partial charge is 0.398 e. The van der Waals surface area contributed by atoms with E-state index >= 15 is 0 Å². The first-order valence-corrected chi connectivity index (χ1v) is 6.79. The van der Waals surface area contributed by atoms with Crippen molar-refractivity contribution in [2.24, 2.45) is 0 Å². The first-order valence-electron chi connectivity index (χ1n) is 6.41. The number of carbonyl (C=O) groups excluding carboxylic acids is 1. The van der Waals surface area contributed by atoms with Gasteiger partial charge in [0.25, 0.3) is 5.91 Å². The number of rotatable bonds is 2. The molecule has 2 rings (SSSR count). The quantitative estimate of drug-likeness (QED) is 0.838. The van der Waals surface area contributed by atoms with Gasteiger partial charge in [0.05, 0.1) is 16.8 Å². The van der Waals surface area contributed by atoms with Crippen molar-refractivity contribution in [1.29, 1.82) is 0 Å². The molecule has 1 saturated heterocycles. The number of halogens is 1. The zero-order valence-electron chi connectivity index (χ0n) is 12.3. The molecule has 0 aromatic carbocycles. The van der Waals surface area contributed by atoms with Crippen LogP contribution in [-0.2, 0) is 9.31 Å². The third-order valence-corrected chi connectivity index (χ3v) is 3.98. The monoisotopic (exact) mass is 296 g/mol. The van der Waals surface area contributed by atoms with Gasteiger partial charge in [0.15, 0.2) is 0 Å². The number of amides is 1. The predicted molar refractivity (Wildman–Crippen MR) is 78.4 cm³/mol. The summed E-state index contributed by atoms with van der Waals surface area (Å²) in [6.07, 6.45) is 0. The van der Waals surface area contributed by atoms with E-state index in [9.17, 15) is 4.79 Å². The molecule has 1 aliphatic heterocycles. The molecular weight excluding hydrogens is 278 g/mol. The summed E-state index contributed by atoms with van der Waals surface area (Å²) in [6, 6.07) is 3.16. The molecule has 2 heterocycles. The second-order valence-electron chi connectivity index (χ2n) is 5.76. The first-order chi connectivity index (χ1) is 9.16. The molecule has 5 nitrogen and oxygen atoms in total. The van der Waals surface area contributed by atoms with E-state index in [4.69, 9.17) is 20.9 Å². The summed E-state index contributed by atoms with van der Waals surface area (Å²) in [5.74, 6) is -0.301. The van der Waals surface area contributed by atoms with E-state index in [1.165, 1.54) is 6.07 Å². The molecule has 1 aliphatic rings. The lowest BCUT2D eigenvalue weighted by molar-refractivity contribution is 0.00578. The Hall–Kier alpha value is -1.11. The average molecular weight is 297 g/mol. The number of nitrogens with zero attached hydrogens (tertiary/aromatic N) is 1. The lowest BCUT2D eigenvalue weighted by Gasteiger charge is -2.32. The summed E-state index contributed by atoms with van der Waals surface area (Å²) < 4.78 is 11.8. The third-order valence-electron chi connectivity index (χ3n) is 3.76. The van der Waals surface area contributed by atoms with Crippen molar-refractivity contribution in [1.82, 2.24) is 10.3 Å². The highest BCUT2D eigenvalue weighted by molar-refractivity contribution is 6.61. The van der Waals surface area contributed by atoms with Crippen LogP contribution in [0.1, 0.15) is 38.2 Å². The minimum absolute atomic E-state index is 0.240. The van der Waals surface area contributed by atoms with Gasteiger partial charge in [-0.25, -0.2) is 0 Å². The molecule has 7 heteroatoms. The number of nitrogens with one attached hydrogen (secondary N) is 1. The zero-order chi connectivity index (χ0) is 15.1. The molecule has 0 spiro atoms. The Morgan fingerprint density at radius 2 is 1.80 bits per heavy atom. The fourth-order valence-electron chi connectivity index (χ4n) is 1.85. The van der Waals surface area contributed by atoms with Gasteiger partial charge in [0.1, 0.15) is 5.69 Å². The van der Waals surface area contributed by atoms with Crippen LogP contribution in [0.5, 0.6) is 0 Å². The fourth-order valence-corrected chi connectivity index (χ4v) is 2.06. The molecule has 20 heavy (non-hydrogen) atoms. The summed E-state index contributed by atoms with van der Waals surface area (Å²) in [6.45, 7) is 7.82. The molecule has 0 saturated carbocycles. The Bertz CT molecular complexity index is 532. The molecule has 1 amide bonds. The molecule has 1 fully saturated rings. The van der Waals surface area contributed by atoms with E-state index in [2.05, 4.69) is 10.3 Å². The molecule has 1 N–H and O–H groups in total. The number of pyridine rings is 1. The van der Waals surface area contributed by atoms with Crippen molar-refractivity contribution in [3.05, 3.63) is 22.8 Å². The molecule has 1 aromatic rings. The zero-order valence-corrected chi connectivity index (χ0v) is 13.0. The Morgan fingerprint density at radius 1 is 1.25 bits per heavy atom. The summed E-state index contributed by atoms with van der Waals surface area (Å²) in [4.78, 5) is 15.9. The van der Waals surface area contributed by atoms with E-state index < -0.39 is 18.3 Å². The van der Waals surface area contributed by atoms with Crippen LogP contribution in [0.25, 0.3) is 0 Å². The standard InChI is InChI=1S/C13H18BClN2O3/c1-12(2)13(3,4)20-14(19-12)10-7-8(15)6-9(17-10)11(18)16-5/h6-7H,1-5H3,(H,16,18). The molecule has 0 unspecified atom stereocenters. The van der Waals surface area contributed by atoms with Gasteiger partial charge in [-0.15, -0.1) is 0 Å². The van der Waals surface area contributed by atoms with Gasteiger partial charge in [0.2, 0.25) is 0 Å². The molecular formula is C13H18BClN2O3. The van der Waals surface area contributed by atoms with Crippen LogP contribution in [0.4, 0.5) is 0 Å². The van der Waals surface area contributed by atoms with Crippen molar-refractivity contribution < 1.29 is 14.1 Å². The summed E-state index contributed by atoms with van der Waals surface area (Å²) in [7, 11) is 0.904. The second-order valence-corrected chi connectivity index (χ2v) is 6.20. The Kier molecular flexibility index (Phi) is 3.84. The largest absolute Gasteiger partial charge is 0.514 e. The predicted octanol–water partition coefficient (Wildman–Crippen LogP) is 1.39. The highest BCUT2D eigenvalue weighted by Gasteiger charge is 2.52. The van der Waals surface area contributed by atoms with Crippen molar-refractivity contribution >= 4 is 30.2 Å². The van der Waals surface area contributed by atoms with Gasteiger partial charge < -0.3 is 14.6 Å². The first kappa shape index (κ1) is 15.3. The SMILES string of the molecule is CNC(=O)c1cc(Cl)cc(B2OC(C)(C)C(C)(C)O2)n1. The maximum Gasteiger partial charge on any atom is 0.514 e. The van der Waals surface area contributed by atoms with E-state index in [1.54, 1.807) is 13.1 Å². The lowest BCUT2D eigenvalue weighted by Crippen LogP contribution is -2.41. The number of hydrogen-bond acceptors (Lipinski definition) is 4. The van der Waals surface area contributed by atoms with Gasteiger partial charge in [-0.3, -0.25) is 9.78 Å². The normalized spacial score (nSPS) is 20.0. The number of carbonyl (C=O) groups is 1. The van der Waals surface area contributed by atoms with Crippen LogP contribution >= 0.6 is 11.6 Å². The maximum absolute atomic E-state index is 11.7. The van der Waals surface area contributed by atoms with E-state index in [1.807, 2.05) is 27.7 Å². The third kappa shape index (κ3) is 2.68. The van der Waals surface area contributed by atoms with Crippen LogP contribution in [0.15, 0.2) is 12.1 Å². The van der Waals surface area contributed by atoms with Gasteiger partial charge >= 0.3 is 7.12 Å². The van der Waals surface area contributed by atoms with Crippen molar-refractivity contribution in [3.8, 4) is 0 Å². The second kappa shape index (κ2) is 5.02. The number of hydrogen-bond donors (Lipinski definition) is 1. The highest BCUT2D eigenvalue weighted by atomic mass is 35.5. The van der Waals surface area contributed by atoms with Gasteiger partial charge in [0, 0.05) is 12.1 Å². The van der Waals surface area contributed by atoms with E-state index in [-0.39, 0.29) is 11.6 Å². The minimum Gasteiger partial charge on any atom is -0.398 e. The van der Waals surface area contributed by atoms with Crippen LogP contribution in [0, 0.1) is 0 Å². The van der Waals surface area contributed by atoms with E-state index in [0.29, 0.717) is 10.6 Å². The highest BCUT2D eigenvalue weighted by Crippen LogP contribution is 2.36. The van der Waals surface area contributed by atoms with Crippen molar-refractivity contribution in [2.75, 3.05) is 7.05 Å². The van der Waals surface area contributed by atoms with Gasteiger partial charge in [-0.2, -0.15) is 0 Å². The molecule has 0 radical (unpaired) electrons. The molecule has 1 aromatic heterocycles. The van der Waals surface area contributed by atoms with Gasteiger partial charge in [-0.1, -0.05) is 11.6 Å². The Balaban J connectivity index is 2.35. The number of aromatic nitrogens is 1. The summed E-state index contributed by atoms with van der Waals surface area (Å²) in [5, 5.41) is 2.94. The minimum atomic E-state index is -0.637. The van der Waals surface area contributed by atoms with Crippen LogP contribution in [0.3, 0.4) is 0 Å². The van der Waals surface area contributed by atoms with Crippen molar-refractivity contribution in [3.63, 3.8) is 0 Å². The summed E-state index contributed by atoms with van der Waals surface area (Å²) in [5.41, 5.74) is -0.191. The summed E-state index contributed by atoms with van der Waals surface area (Å²) >= 11 is 6.04. The fraction of sp³-hybridized carbons (Fsp3) is 0.538. The van der Waals surface area contributed by atoms with Crippen molar-refractivity contribution in [2.45, 2.75) is 38.9 Å². The Morgan fingerprint density at radius 3 is 2.30 bits per heavy atom. The molecule has 108 valence electrons. The maximum atomic E-state index is 11.7. The van der Waals surface area contributed by atoms with Crippen LogP contribution in [0.2, 0.25) is 5.02 Å². The van der Waals surface area contributed by atoms with Crippen LogP contribution < -0.4 is 10.9 Å². The molecule has 0 aliphatic carbocycles. The van der Waals surface area contributed by atoms with Crippen LogP contribution in [-0.4, -0.2) is 36.3 Å². The Labute approximate surface area is 124 Å². The topological polar surface area (TPSA) is 60.5 Å². The van der Waals surface area contributed by atoms with E-state index in [0.717, 1.165) is 0 Å². The molecule has 0 atom stereocenters. The average Bonchev–Trinajstić information content (AvgIpc) is 2.57. The van der Waals surface area contributed by atoms with Gasteiger partial charge in [-0.05, 0) is 39.8 Å².